The molecule has 2 N–H and O–H groups in total. The maximum Gasteiger partial charge on any atom is 0.265 e. The highest BCUT2D eigenvalue weighted by molar-refractivity contribution is 7.92. The van der Waals surface area contributed by atoms with Gasteiger partial charge in [0, 0.05) is 23.5 Å². The molecule has 0 fully saturated rings. The molecule has 8 nitrogen and oxygen atoms in total. The van der Waals surface area contributed by atoms with E-state index in [1.54, 1.807) is 43.3 Å². The van der Waals surface area contributed by atoms with Crippen molar-refractivity contribution < 1.29 is 22.4 Å². The van der Waals surface area contributed by atoms with Gasteiger partial charge < -0.3 is 19.3 Å². The standard InChI is InChI=1S/C18H19N3O5S/c1-12-10-18(20-26-12)19-13-4-6-14(7-5-13)21-27(22,23)17-9-8-15(24-2)11-16(17)25-3/h4-11,21H,1-3H3,(H,19,20). The molecular weight excluding hydrogens is 370 g/mol. The van der Waals surface area contributed by atoms with Gasteiger partial charge in [0.25, 0.3) is 10.0 Å². The number of anilines is 3. The maximum absolute atomic E-state index is 12.7. The van der Waals surface area contributed by atoms with Crippen LogP contribution < -0.4 is 19.5 Å². The Balaban J connectivity index is 1.78. The molecule has 1 heterocycles. The Morgan fingerprint density at radius 1 is 0.963 bits per heavy atom. The van der Waals surface area contributed by atoms with E-state index in [9.17, 15) is 8.42 Å². The van der Waals surface area contributed by atoms with Crippen molar-refractivity contribution >= 4 is 27.2 Å². The van der Waals surface area contributed by atoms with Gasteiger partial charge in [0.1, 0.15) is 22.2 Å². The molecule has 0 spiro atoms. The molecule has 142 valence electrons. The summed E-state index contributed by atoms with van der Waals surface area (Å²) >= 11 is 0. The van der Waals surface area contributed by atoms with E-state index in [4.69, 9.17) is 14.0 Å². The van der Waals surface area contributed by atoms with Gasteiger partial charge in [-0.25, -0.2) is 8.42 Å². The van der Waals surface area contributed by atoms with Gasteiger partial charge in [-0.3, -0.25) is 4.72 Å². The van der Waals surface area contributed by atoms with Crippen molar-refractivity contribution in [3.05, 3.63) is 54.3 Å². The molecule has 0 unspecified atom stereocenters. The minimum atomic E-state index is -3.83. The minimum Gasteiger partial charge on any atom is -0.497 e. The summed E-state index contributed by atoms with van der Waals surface area (Å²) in [6.07, 6.45) is 0. The van der Waals surface area contributed by atoms with Gasteiger partial charge in [-0.15, -0.1) is 0 Å². The van der Waals surface area contributed by atoms with Crippen LogP contribution in [0.1, 0.15) is 5.76 Å². The second kappa shape index (κ2) is 7.58. The first-order chi connectivity index (χ1) is 12.9. The quantitative estimate of drug-likeness (QED) is 0.637. The Labute approximate surface area is 157 Å². The zero-order valence-corrected chi connectivity index (χ0v) is 15.8. The lowest BCUT2D eigenvalue weighted by atomic mass is 10.3. The number of sulfonamides is 1. The zero-order chi connectivity index (χ0) is 19.4. The van der Waals surface area contributed by atoms with E-state index in [0.29, 0.717) is 23.0 Å². The smallest absolute Gasteiger partial charge is 0.265 e. The molecule has 3 rings (SSSR count). The molecule has 2 aromatic carbocycles. The number of aromatic nitrogens is 1. The van der Waals surface area contributed by atoms with E-state index in [0.717, 1.165) is 5.69 Å². The van der Waals surface area contributed by atoms with Crippen LogP contribution in [0.15, 0.2) is 57.9 Å². The summed E-state index contributed by atoms with van der Waals surface area (Å²) in [5, 5.41) is 6.91. The van der Waals surface area contributed by atoms with E-state index >= 15 is 0 Å². The van der Waals surface area contributed by atoms with Crippen molar-refractivity contribution in [1.82, 2.24) is 5.16 Å². The summed E-state index contributed by atoms with van der Waals surface area (Å²) in [6, 6.07) is 13.0. The fraction of sp³-hybridized carbons (Fsp3) is 0.167. The van der Waals surface area contributed by atoms with Crippen LogP contribution in [0.4, 0.5) is 17.2 Å². The summed E-state index contributed by atoms with van der Waals surface area (Å²) in [6.45, 7) is 1.80. The summed E-state index contributed by atoms with van der Waals surface area (Å²) in [5.74, 6) is 1.96. The number of benzene rings is 2. The number of hydrogen-bond donors (Lipinski definition) is 2. The number of rotatable bonds is 7. The van der Waals surface area contributed by atoms with Gasteiger partial charge in [-0.05, 0) is 43.3 Å². The van der Waals surface area contributed by atoms with E-state index in [2.05, 4.69) is 15.2 Å². The number of ether oxygens (including phenoxy) is 2. The number of aryl methyl sites for hydroxylation is 1. The lowest BCUT2D eigenvalue weighted by molar-refractivity contribution is 0.386. The third kappa shape index (κ3) is 4.32. The Kier molecular flexibility index (Phi) is 5.22. The first-order valence-corrected chi connectivity index (χ1v) is 9.45. The van der Waals surface area contributed by atoms with Gasteiger partial charge in [0.05, 0.1) is 14.2 Å². The topological polar surface area (TPSA) is 103 Å². The molecular formula is C18H19N3O5S. The van der Waals surface area contributed by atoms with Crippen LogP contribution in [-0.2, 0) is 10.0 Å². The van der Waals surface area contributed by atoms with Gasteiger partial charge >= 0.3 is 0 Å². The molecule has 0 aliphatic heterocycles. The molecule has 27 heavy (non-hydrogen) atoms. The Morgan fingerprint density at radius 3 is 2.26 bits per heavy atom. The summed E-state index contributed by atoms with van der Waals surface area (Å²) < 4.78 is 43.2. The Morgan fingerprint density at radius 2 is 1.67 bits per heavy atom. The third-order valence-corrected chi connectivity index (χ3v) is 5.12. The monoisotopic (exact) mass is 389 g/mol. The lowest BCUT2D eigenvalue weighted by Gasteiger charge is -2.13. The molecule has 0 radical (unpaired) electrons. The van der Waals surface area contributed by atoms with Crippen molar-refractivity contribution in [1.29, 1.82) is 0 Å². The van der Waals surface area contributed by atoms with Crippen molar-refractivity contribution in [3.8, 4) is 11.5 Å². The lowest BCUT2D eigenvalue weighted by Crippen LogP contribution is -2.14. The number of nitrogens with zero attached hydrogens (tertiary/aromatic N) is 1. The highest BCUT2D eigenvalue weighted by atomic mass is 32.2. The van der Waals surface area contributed by atoms with E-state index in [-0.39, 0.29) is 10.6 Å². The van der Waals surface area contributed by atoms with Gasteiger partial charge in [0.2, 0.25) is 0 Å². The molecule has 0 saturated heterocycles. The van der Waals surface area contributed by atoms with Crippen molar-refractivity contribution in [2.75, 3.05) is 24.3 Å². The van der Waals surface area contributed by atoms with Crippen molar-refractivity contribution in [2.45, 2.75) is 11.8 Å². The molecule has 1 aromatic heterocycles. The fourth-order valence-electron chi connectivity index (χ4n) is 2.40. The zero-order valence-electron chi connectivity index (χ0n) is 15.0. The first kappa shape index (κ1) is 18.6. The second-order valence-corrected chi connectivity index (χ2v) is 7.30. The van der Waals surface area contributed by atoms with Crippen LogP contribution in [-0.4, -0.2) is 27.8 Å². The Hall–Kier alpha value is -3.20. The molecule has 0 aliphatic rings. The maximum atomic E-state index is 12.7. The summed E-state index contributed by atoms with van der Waals surface area (Å²) in [5.41, 5.74) is 1.16. The van der Waals surface area contributed by atoms with Crippen LogP contribution in [0.25, 0.3) is 0 Å². The van der Waals surface area contributed by atoms with Crippen LogP contribution in [0, 0.1) is 6.92 Å². The van der Waals surface area contributed by atoms with Gasteiger partial charge in [-0.2, -0.15) is 0 Å². The van der Waals surface area contributed by atoms with Crippen LogP contribution >= 0.6 is 0 Å². The van der Waals surface area contributed by atoms with Gasteiger partial charge in [-0.1, -0.05) is 5.16 Å². The predicted molar refractivity (Wildman–Crippen MR) is 101 cm³/mol. The number of methoxy groups -OCH3 is 2. The van der Waals surface area contributed by atoms with Gasteiger partial charge in [0.15, 0.2) is 5.82 Å². The summed E-state index contributed by atoms with van der Waals surface area (Å²) in [4.78, 5) is 0.0195. The predicted octanol–water partition coefficient (Wildman–Crippen LogP) is 3.54. The van der Waals surface area contributed by atoms with Crippen LogP contribution in [0.5, 0.6) is 11.5 Å². The fourth-order valence-corrected chi connectivity index (χ4v) is 3.61. The van der Waals surface area contributed by atoms with E-state index < -0.39 is 10.0 Å². The highest BCUT2D eigenvalue weighted by Gasteiger charge is 2.20. The van der Waals surface area contributed by atoms with Crippen molar-refractivity contribution in [2.24, 2.45) is 0 Å². The first-order valence-electron chi connectivity index (χ1n) is 7.96. The van der Waals surface area contributed by atoms with E-state index in [1.165, 1.54) is 26.4 Å². The van der Waals surface area contributed by atoms with E-state index in [1.807, 2.05) is 0 Å². The molecule has 0 bridgehead atoms. The van der Waals surface area contributed by atoms with Crippen molar-refractivity contribution in [3.63, 3.8) is 0 Å². The van der Waals surface area contributed by atoms with Crippen LogP contribution in [0.2, 0.25) is 0 Å². The summed E-state index contributed by atoms with van der Waals surface area (Å²) in [7, 11) is -0.928. The SMILES string of the molecule is COc1ccc(S(=O)(=O)Nc2ccc(Nc3cc(C)on3)cc2)c(OC)c1. The minimum absolute atomic E-state index is 0.0195. The molecule has 3 aromatic rings. The molecule has 0 saturated carbocycles. The second-order valence-electron chi connectivity index (χ2n) is 5.65. The normalized spacial score (nSPS) is 11.1. The Bertz CT molecular complexity index is 1030. The molecule has 9 heteroatoms. The average molecular weight is 389 g/mol. The molecule has 0 aliphatic carbocycles. The average Bonchev–Trinajstić information content (AvgIpc) is 3.07. The van der Waals surface area contributed by atoms with Crippen LogP contribution in [0.3, 0.4) is 0 Å². The number of hydrogen-bond acceptors (Lipinski definition) is 7. The molecule has 0 amide bonds. The third-order valence-electron chi connectivity index (χ3n) is 3.70. The number of nitrogens with one attached hydrogen (secondary N) is 2. The largest absolute Gasteiger partial charge is 0.497 e. The highest BCUT2D eigenvalue weighted by Crippen LogP contribution is 2.30. The molecule has 0 atom stereocenters.